The van der Waals surface area contributed by atoms with E-state index < -0.39 is 10.0 Å². The van der Waals surface area contributed by atoms with Crippen LogP contribution in [0.2, 0.25) is 0 Å². The minimum absolute atomic E-state index is 0.104. The number of hydrogen-bond donors (Lipinski definition) is 1. The minimum atomic E-state index is -3.15. The Labute approximate surface area is 114 Å². The predicted octanol–water partition coefficient (Wildman–Crippen LogP) is 1.98. The third-order valence-corrected chi connectivity index (χ3v) is 4.32. The maximum atomic E-state index is 11.4. The fraction of sp³-hybridized carbons (Fsp3) is 0.286. The first-order chi connectivity index (χ1) is 9.11. The number of benzene rings is 1. The molecule has 2 aromatic rings. The molecule has 0 saturated heterocycles. The zero-order chi connectivity index (χ0) is 13.7. The Bertz CT molecular complexity index is 618. The molecule has 0 bridgehead atoms. The number of nitrogens with zero attached hydrogens (tertiary/aromatic N) is 1. The second-order valence-corrected chi connectivity index (χ2v) is 6.43. The molecule has 0 aliphatic rings. The van der Waals surface area contributed by atoms with E-state index in [1.807, 2.05) is 41.1 Å². The van der Waals surface area contributed by atoms with Crippen LogP contribution in [0.1, 0.15) is 18.2 Å². The number of rotatable bonds is 6. The number of nitrogens with one attached hydrogen (secondary N) is 1. The van der Waals surface area contributed by atoms with Crippen LogP contribution in [0.15, 0.2) is 48.7 Å². The highest BCUT2D eigenvalue weighted by Gasteiger charge is 2.08. The van der Waals surface area contributed by atoms with Crippen molar-refractivity contribution < 1.29 is 8.42 Å². The molecule has 0 atom stereocenters. The van der Waals surface area contributed by atoms with Crippen LogP contribution < -0.4 is 4.72 Å². The van der Waals surface area contributed by atoms with Crippen LogP contribution in [0.5, 0.6) is 0 Å². The van der Waals surface area contributed by atoms with Crippen molar-refractivity contribution >= 4 is 10.0 Å². The summed E-state index contributed by atoms with van der Waals surface area (Å²) in [6.45, 7) is 2.71. The average molecular weight is 278 g/mol. The lowest BCUT2D eigenvalue weighted by Crippen LogP contribution is -2.25. The summed E-state index contributed by atoms with van der Waals surface area (Å²) in [5, 5.41) is 0. The summed E-state index contributed by atoms with van der Waals surface area (Å²) in [7, 11) is -3.15. The molecule has 0 spiro atoms. The molecule has 5 heteroatoms. The van der Waals surface area contributed by atoms with Crippen LogP contribution >= 0.6 is 0 Å². The Morgan fingerprint density at radius 3 is 2.53 bits per heavy atom. The summed E-state index contributed by atoms with van der Waals surface area (Å²) in [6.07, 6.45) is 1.96. The summed E-state index contributed by atoms with van der Waals surface area (Å²) >= 11 is 0. The number of aromatic nitrogens is 1. The van der Waals surface area contributed by atoms with Gasteiger partial charge in [-0.3, -0.25) is 0 Å². The van der Waals surface area contributed by atoms with Gasteiger partial charge in [0.1, 0.15) is 0 Å². The number of hydrogen-bond acceptors (Lipinski definition) is 2. The van der Waals surface area contributed by atoms with Gasteiger partial charge >= 0.3 is 0 Å². The summed E-state index contributed by atoms with van der Waals surface area (Å²) in [4.78, 5) is 0. The normalized spacial score (nSPS) is 11.6. The maximum Gasteiger partial charge on any atom is 0.211 e. The molecule has 1 heterocycles. The molecular formula is C14H18N2O2S. The standard InChI is InChI=1S/C14H18N2O2S/c1-2-19(17,18)15-11-14-9-6-10-16(14)12-13-7-4-3-5-8-13/h3-10,15H,2,11-12H2,1H3. The van der Waals surface area contributed by atoms with Gasteiger partial charge in [-0.1, -0.05) is 30.3 Å². The molecule has 4 nitrogen and oxygen atoms in total. The predicted molar refractivity (Wildman–Crippen MR) is 76.3 cm³/mol. The molecule has 102 valence electrons. The molecule has 19 heavy (non-hydrogen) atoms. The second kappa shape index (κ2) is 6.04. The van der Waals surface area contributed by atoms with E-state index >= 15 is 0 Å². The summed E-state index contributed by atoms with van der Waals surface area (Å²) in [5.41, 5.74) is 2.15. The lowest BCUT2D eigenvalue weighted by atomic mass is 10.2. The van der Waals surface area contributed by atoms with E-state index in [4.69, 9.17) is 0 Å². The van der Waals surface area contributed by atoms with Crippen LogP contribution in [0.4, 0.5) is 0 Å². The van der Waals surface area contributed by atoms with Crippen molar-refractivity contribution in [2.75, 3.05) is 5.75 Å². The summed E-state index contributed by atoms with van der Waals surface area (Å²) < 4.78 is 27.5. The van der Waals surface area contributed by atoms with Gasteiger partial charge in [-0.2, -0.15) is 0 Å². The third-order valence-electron chi connectivity index (χ3n) is 2.97. The van der Waals surface area contributed by atoms with Crippen LogP contribution in [0, 0.1) is 0 Å². The minimum Gasteiger partial charge on any atom is -0.346 e. The molecule has 0 fully saturated rings. The Hall–Kier alpha value is -1.59. The van der Waals surface area contributed by atoms with Crippen molar-refractivity contribution in [3.05, 3.63) is 59.9 Å². The molecule has 0 unspecified atom stereocenters. The zero-order valence-electron chi connectivity index (χ0n) is 10.9. The highest BCUT2D eigenvalue weighted by atomic mass is 32.2. The second-order valence-electron chi connectivity index (χ2n) is 4.34. The van der Waals surface area contributed by atoms with Crippen molar-refractivity contribution in [1.29, 1.82) is 0 Å². The topological polar surface area (TPSA) is 51.1 Å². The molecular weight excluding hydrogens is 260 g/mol. The average Bonchev–Trinajstić information content (AvgIpc) is 2.85. The van der Waals surface area contributed by atoms with Crippen LogP contribution in [0.25, 0.3) is 0 Å². The monoisotopic (exact) mass is 278 g/mol. The van der Waals surface area contributed by atoms with Gasteiger partial charge in [0.15, 0.2) is 0 Å². The quantitative estimate of drug-likeness (QED) is 0.878. The van der Waals surface area contributed by atoms with E-state index in [9.17, 15) is 8.42 Å². The first kappa shape index (κ1) is 13.8. The van der Waals surface area contributed by atoms with Gasteiger partial charge in [-0.15, -0.1) is 0 Å². The van der Waals surface area contributed by atoms with Gasteiger partial charge < -0.3 is 4.57 Å². The van der Waals surface area contributed by atoms with Crippen molar-refractivity contribution in [3.63, 3.8) is 0 Å². The van der Waals surface area contributed by atoms with Gasteiger partial charge in [0.05, 0.1) is 12.3 Å². The highest BCUT2D eigenvalue weighted by Crippen LogP contribution is 2.08. The van der Waals surface area contributed by atoms with E-state index in [1.54, 1.807) is 6.92 Å². The molecule has 0 radical (unpaired) electrons. The SMILES string of the molecule is CCS(=O)(=O)NCc1cccn1Cc1ccccc1. The largest absolute Gasteiger partial charge is 0.346 e. The summed E-state index contributed by atoms with van der Waals surface area (Å²) in [6, 6.07) is 14.0. The molecule has 0 amide bonds. The zero-order valence-corrected chi connectivity index (χ0v) is 11.7. The fourth-order valence-corrected chi connectivity index (χ4v) is 2.40. The van der Waals surface area contributed by atoms with E-state index in [0.717, 1.165) is 12.2 Å². The van der Waals surface area contributed by atoms with Crippen LogP contribution in [0.3, 0.4) is 0 Å². The van der Waals surface area contributed by atoms with Crippen molar-refractivity contribution in [2.45, 2.75) is 20.0 Å². The summed E-state index contributed by atoms with van der Waals surface area (Å²) in [5.74, 6) is 0.104. The van der Waals surface area contributed by atoms with E-state index in [-0.39, 0.29) is 5.75 Å². The molecule has 1 N–H and O–H groups in total. The Morgan fingerprint density at radius 2 is 1.84 bits per heavy atom. The van der Waals surface area contributed by atoms with Gasteiger partial charge in [0.25, 0.3) is 0 Å². The number of sulfonamides is 1. The third kappa shape index (κ3) is 3.94. The lowest BCUT2D eigenvalue weighted by Gasteiger charge is -2.10. The van der Waals surface area contributed by atoms with Crippen molar-refractivity contribution in [2.24, 2.45) is 0 Å². The van der Waals surface area contributed by atoms with Gasteiger partial charge in [0, 0.05) is 18.4 Å². The van der Waals surface area contributed by atoms with Gasteiger partial charge in [0.2, 0.25) is 10.0 Å². The van der Waals surface area contributed by atoms with Crippen LogP contribution in [-0.2, 0) is 23.1 Å². The van der Waals surface area contributed by atoms with Gasteiger partial charge in [-0.25, -0.2) is 13.1 Å². The first-order valence-corrected chi connectivity index (χ1v) is 7.91. The first-order valence-electron chi connectivity index (χ1n) is 6.26. The Morgan fingerprint density at radius 1 is 1.11 bits per heavy atom. The Kier molecular flexibility index (Phi) is 4.39. The Balaban J connectivity index is 2.06. The van der Waals surface area contributed by atoms with Crippen molar-refractivity contribution in [1.82, 2.24) is 9.29 Å². The van der Waals surface area contributed by atoms with E-state index in [1.165, 1.54) is 5.56 Å². The molecule has 0 aliphatic carbocycles. The fourth-order valence-electron chi connectivity index (χ4n) is 1.83. The molecule has 1 aromatic carbocycles. The van der Waals surface area contributed by atoms with Gasteiger partial charge in [-0.05, 0) is 24.6 Å². The lowest BCUT2D eigenvalue weighted by molar-refractivity contribution is 0.579. The molecule has 0 saturated carbocycles. The molecule has 1 aromatic heterocycles. The molecule has 2 rings (SSSR count). The van der Waals surface area contributed by atoms with Crippen LogP contribution in [-0.4, -0.2) is 18.7 Å². The highest BCUT2D eigenvalue weighted by molar-refractivity contribution is 7.89. The smallest absolute Gasteiger partial charge is 0.211 e. The molecule has 0 aliphatic heterocycles. The van der Waals surface area contributed by atoms with Crippen molar-refractivity contribution in [3.8, 4) is 0 Å². The maximum absolute atomic E-state index is 11.4. The van der Waals surface area contributed by atoms with E-state index in [2.05, 4.69) is 16.9 Å². The van der Waals surface area contributed by atoms with E-state index in [0.29, 0.717) is 6.54 Å².